The van der Waals surface area contributed by atoms with Crippen molar-refractivity contribution in [3.05, 3.63) is 47.0 Å². The van der Waals surface area contributed by atoms with Crippen LogP contribution in [0.2, 0.25) is 0 Å². The summed E-state index contributed by atoms with van der Waals surface area (Å²) in [5, 5.41) is 18.0. The quantitative estimate of drug-likeness (QED) is 0.706. The van der Waals surface area contributed by atoms with Crippen molar-refractivity contribution in [1.82, 2.24) is 20.0 Å². The molecule has 3 N–H and O–H groups in total. The molecule has 7 nitrogen and oxygen atoms in total. The van der Waals surface area contributed by atoms with E-state index in [1.807, 2.05) is 7.05 Å². The van der Waals surface area contributed by atoms with Crippen molar-refractivity contribution in [3.8, 4) is 0 Å². The Morgan fingerprint density at radius 1 is 1.41 bits per heavy atom. The van der Waals surface area contributed by atoms with Crippen molar-refractivity contribution in [2.45, 2.75) is 19.9 Å². The molecule has 2 aromatic rings. The second-order valence-electron chi connectivity index (χ2n) is 6.44. The number of benzene rings is 1. The van der Waals surface area contributed by atoms with Crippen molar-refractivity contribution in [1.29, 1.82) is 5.41 Å². The summed E-state index contributed by atoms with van der Waals surface area (Å²) in [6.07, 6.45) is 3.60. The highest BCUT2D eigenvalue weighted by Crippen LogP contribution is 2.30. The van der Waals surface area contributed by atoms with Crippen molar-refractivity contribution >= 4 is 29.2 Å². The molecule has 0 fully saturated rings. The van der Waals surface area contributed by atoms with E-state index in [2.05, 4.69) is 15.7 Å². The van der Waals surface area contributed by atoms with E-state index < -0.39 is 5.82 Å². The maximum Gasteiger partial charge on any atom is 0.219 e. The summed E-state index contributed by atoms with van der Waals surface area (Å²) < 4.78 is 16.2. The minimum atomic E-state index is -0.411. The Morgan fingerprint density at radius 2 is 2.19 bits per heavy atom. The maximum atomic E-state index is 14.4. The molecular formula is C19H23FN6O. The Morgan fingerprint density at radius 3 is 2.85 bits per heavy atom. The van der Waals surface area contributed by atoms with E-state index in [0.717, 1.165) is 11.3 Å². The van der Waals surface area contributed by atoms with Gasteiger partial charge in [-0.2, -0.15) is 5.10 Å². The lowest BCUT2D eigenvalue weighted by atomic mass is 10.1. The molecule has 0 radical (unpaired) electrons. The Labute approximate surface area is 157 Å². The van der Waals surface area contributed by atoms with Crippen LogP contribution in [0.15, 0.2) is 24.4 Å². The SMILES string of the molecule is CN/C=C(\C=N)c1ccc(F)c(Nc2nn(C)c3c2CN(C(C)=O)CC3)c1. The zero-order valence-electron chi connectivity index (χ0n) is 15.6. The van der Waals surface area contributed by atoms with Gasteiger partial charge in [-0.25, -0.2) is 4.39 Å². The van der Waals surface area contributed by atoms with Gasteiger partial charge in [0.1, 0.15) is 5.82 Å². The number of hydrogen-bond donors (Lipinski definition) is 3. The molecule has 0 spiro atoms. The van der Waals surface area contributed by atoms with Gasteiger partial charge in [0.15, 0.2) is 5.82 Å². The number of carbonyl (C=O) groups is 1. The van der Waals surface area contributed by atoms with Crippen LogP contribution in [-0.4, -0.2) is 40.4 Å². The van der Waals surface area contributed by atoms with E-state index in [0.29, 0.717) is 36.5 Å². The Kier molecular flexibility index (Phi) is 5.25. The van der Waals surface area contributed by atoms with Gasteiger partial charge in [0.2, 0.25) is 5.91 Å². The summed E-state index contributed by atoms with van der Waals surface area (Å²) in [6, 6.07) is 4.64. The Balaban J connectivity index is 1.96. The molecule has 0 bridgehead atoms. The van der Waals surface area contributed by atoms with Gasteiger partial charge in [-0.05, 0) is 17.7 Å². The average Bonchev–Trinajstić information content (AvgIpc) is 2.96. The third kappa shape index (κ3) is 3.69. The van der Waals surface area contributed by atoms with Crippen LogP contribution in [0, 0.1) is 11.2 Å². The van der Waals surface area contributed by atoms with Crippen LogP contribution >= 0.6 is 0 Å². The van der Waals surface area contributed by atoms with Crippen LogP contribution in [0.1, 0.15) is 23.7 Å². The molecular weight excluding hydrogens is 347 g/mol. The van der Waals surface area contributed by atoms with Crippen LogP contribution in [0.4, 0.5) is 15.9 Å². The first-order valence-corrected chi connectivity index (χ1v) is 8.69. The predicted octanol–water partition coefficient (Wildman–Crippen LogP) is 2.42. The predicted molar refractivity (Wildman–Crippen MR) is 104 cm³/mol. The number of nitrogens with zero attached hydrogens (tertiary/aromatic N) is 3. The number of carbonyl (C=O) groups excluding carboxylic acids is 1. The summed E-state index contributed by atoms with van der Waals surface area (Å²) in [5.74, 6) is 0.145. The topological polar surface area (TPSA) is 86.0 Å². The van der Waals surface area contributed by atoms with E-state index in [9.17, 15) is 9.18 Å². The molecule has 0 saturated carbocycles. The summed E-state index contributed by atoms with van der Waals surface area (Å²) in [5.41, 5.74) is 3.56. The molecule has 1 aromatic carbocycles. The molecule has 1 aromatic heterocycles. The summed E-state index contributed by atoms with van der Waals surface area (Å²) in [7, 11) is 3.59. The summed E-state index contributed by atoms with van der Waals surface area (Å²) in [6.45, 7) is 2.65. The first-order chi connectivity index (χ1) is 12.9. The van der Waals surface area contributed by atoms with Gasteiger partial charge in [-0.3, -0.25) is 9.48 Å². The Bertz CT molecular complexity index is 917. The maximum absolute atomic E-state index is 14.4. The van der Waals surface area contributed by atoms with Gasteiger partial charge >= 0.3 is 0 Å². The fraction of sp³-hybridized carbons (Fsp3) is 0.316. The number of rotatable bonds is 5. The number of nitrogens with one attached hydrogen (secondary N) is 3. The van der Waals surface area contributed by atoms with Gasteiger partial charge in [0.05, 0.1) is 12.2 Å². The fourth-order valence-corrected chi connectivity index (χ4v) is 3.25. The lowest BCUT2D eigenvalue weighted by Gasteiger charge is -2.26. The van der Waals surface area contributed by atoms with E-state index in [4.69, 9.17) is 5.41 Å². The molecule has 2 heterocycles. The van der Waals surface area contributed by atoms with E-state index in [-0.39, 0.29) is 11.6 Å². The highest BCUT2D eigenvalue weighted by Gasteiger charge is 2.25. The first-order valence-electron chi connectivity index (χ1n) is 8.69. The van der Waals surface area contributed by atoms with Gasteiger partial charge in [0.25, 0.3) is 0 Å². The van der Waals surface area contributed by atoms with Gasteiger partial charge in [-0.15, -0.1) is 0 Å². The molecule has 0 aliphatic carbocycles. The number of allylic oxidation sites excluding steroid dienone is 1. The molecule has 1 aliphatic rings. The number of amides is 1. The van der Waals surface area contributed by atoms with Gasteiger partial charge in [0, 0.05) is 63.2 Å². The molecule has 142 valence electrons. The number of aromatic nitrogens is 2. The minimum absolute atomic E-state index is 0.0106. The zero-order chi connectivity index (χ0) is 19.6. The van der Waals surface area contributed by atoms with Crippen LogP contribution in [-0.2, 0) is 24.8 Å². The van der Waals surface area contributed by atoms with Gasteiger partial charge < -0.3 is 20.9 Å². The number of hydrogen-bond acceptors (Lipinski definition) is 5. The smallest absolute Gasteiger partial charge is 0.219 e. The first kappa shape index (κ1) is 18.6. The molecule has 3 rings (SSSR count). The van der Waals surface area contributed by atoms with Crippen molar-refractivity contribution < 1.29 is 9.18 Å². The molecule has 8 heteroatoms. The van der Waals surface area contributed by atoms with E-state index in [1.165, 1.54) is 12.3 Å². The second-order valence-corrected chi connectivity index (χ2v) is 6.44. The number of anilines is 2. The molecule has 0 atom stereocenters. The van der Waals surface area contributed by atoms with Crippen molar-refractivity contribution in [2.24, 2.45) is 7.05 Å². The summed E-state index contributed by atoms with van der Waals surface area (Å²) in [4.78, 5) is 13.5. The highest BCUT2D eigenvalue weighted by atomic mass is 19.1. The second kappa shape index (κ2) is 7.61. The van der Waals surface area contributed by atoms with E-state index >= 15 is 0 Å². The number of fused-ring (bicyclic) bond motifs is 1. The zero-order valence-corrected chi connectivity index (χ0v) is 15.6. The number of halogens is 1. The largest absolute Gasteiger partial charge is 0.393 e. The highest BCUT2D eigenvalue weighted by molar-refractivity contribution is 6.08. The molecule has 27 heavy (non-hydrogen) atoms. The monoisotopic (exact) mass is 370 g/mol. The lowest BCUT2D eigenvalue weighted by Crippen LogP contribution is -2.34. The average molecular weight is 370 g/mol. The van der Waals surface area contributed by atoms with Crippen molar-refractivity contribution in [2.75, 3.05) is 18.9 Å². The molecule has 1 amide bonds. The third-order valence-electron chi connectivity index (χ3n) is 4.70. The van der Waals surface area contributed by atoms with E-state index in [1.54, 1.807) is 41.9 Å². The fourth-order valence-electron chi connectivity index (χ4n) is 3.25. The standard InChI is InChI=1S/C19H23FN6O/c1-12(27)26-7-6-18-15(11-26)19(24-25(18)3)23-17-8-13(4-5-16(17)20)14(9-21)10-22-2/h4-5,8-10,21-22H,6-7,11H2,1-3H3,(H,23,24)/b14-10+,21-9?. The molecule has 1 aliphatic heterocycles. The van der Waals surface area contributed by atoms with Crippen LogP contribution in [0.5, 0.6) is 0 Å². The van der Waals surface area contributed by atoms with Crippen LogP contribution in [0.25, 0.3) is 5.57 Å². The van der Waals surface area contributed by atoms with Crippen molar-refractivity contribution in [3.63, 3.8) is 0 Å². The van der Waals surface area contributed by atoms with Gasteiger partial charge in [-0.1, -0.05) is 6.07 Å². The third-order valence-corrected chi connectivity index (χ3v) is 4.70. The lowest BCUT2D eigenvalue weighted by molar-refractivity contribution is -0.129. The number of aryl methyl sites for hydroxylation is 1. The summed E-state index contributed by atoms with van der Waals surface area (Å²) >= 11 is 0. The normalized spacial score (nSPS) is 13.9. The Hall–Kier alpha value is -3.16. The minimum Gasteiger partial charge on any atom is -0.393 e. The molecule has 0 saturated heterocycles. The van der Waals surface area contributed by atoms with Crippen LogP contribution in [0.3, 0.4) is 0 Å². The van der Waals surface area contributed by atoms with Crippen LogP contribution < -0.4 is 10.6 Å². The molecule has 0 unspecified atom stereocenters.